The molecule has 0 unspecified atom stereocenters. The molecule has 0 radical (unpaired) electrons. The first-order valence-corrected chi connectivity index (χ1v) is 6.46. The lowest BCUT2D eigenvalue weighted by Gasteiger charge is -2.42. The van der Waals surface area contributed by atoms with E-state index in [1.807, 2.05) is 20.8 Å². The fraction of sp³-hybridized carbons (Fsp3) is 1.00. The van der Waals surface area contributed by atoms with Crippen LogP contribution < -0.4 is 0 Å². The zero-order chi connectivity index (χ0) is 11.9. The number of piperidine rings is 1. The molecular formula is C12H25NO3. The molecule has 1 heterocycles. The van der Waals surface area contributed by atoms with Crippen molar-refractivity contribution in [2.45, 2.75) is 46.1 Å². The fourth-order valence-electron chi connectivity index (χ4n) is 2.11. The maximum atomic E-state index is 5.73. The van der Waals surface area contributed by atoms with E-state index in [9.17, 15) is 0 Å². The molecule has 1 saturated heterocycles. The molecule has 4 nitrogen and oxygen atoms in total. The smallest absolute Gasteiger partial charge is 0.314 e. The number of nitrogens with zero attached hydrogens (tertiary/aromatic N) is 1. The monoisotopic (exact) mass is 231 g/mol. The zero-order valence-corrected chi connectivity index (χ0v) is 10.8. The number of ether oxygens (including phenoxy) is 3. The van der Waals surface area contributed by atoms with Gasteiger partial charge >= 0.3 is 6.10 Å². The van der Waals surface area contributed by atoms with E-state index in [4.69, 9.17) is 14.2 Å². The first kappa shape index (κ1) is 13.9. The second kappa shape index (κ2) is 7.22. The number of hydrogen-bond donors (Lipinski definition) is 0. The van der Waals surface area contributed by atoms with Crippen LogP contribution in [-0.2, 0) is 14.2 Å². The van der Waals surface area contributed by atoms with E-state index >= 15 is 0 Å². The highest BCUT2D eigenvalue weighted by Gasteiger charge is 2.40. The predicted molar refractivity (Wildman–Crippen MR) is 63.0 cm³/mol. The third-order valence-corrected chi connectivity index (χ3v) is 2.72. The van der Waals surface area contributed by atoms with Crippen LogP contribution in [0, 0.1) is 0 Å². The highest BCUT2D eigenvalue weighted by atomic mass is 16.9. The summed E-state index contributed by atoms with van der Waals surface area (Å²) in [5.74, 6) is 0. The molecule has 0 N–H and O–H groups in total. The maximum Gasteiger partial charge on any atom is 0.353 e. The minimum Gasteiger partial charge on any atom is -0.314 e. The van der Waals surface area contributed by atoms with Crippen molar-refractivity contribution in [2.75, 3.05) is 32.9 Å². The van der Waals surface area contributed by atoms with Gasteiger partial charge < -0.3 is 14.2 Å². The van der Waals surface area contributed by atoms with Crippen LogP contribution >= 0.6 is 0 Å². The van der Waals surface area contributed by atoms with Crippen LogP contribution in [0.25, 0.3) is 0 Å². The van der Waals surface area contributed by atoms with Crippen LogP contribution in [0.5, 0.6) is 0 Å². The Labute approximate surface area is 98.8 Å². The second-order valence-electron chi connectivity index (χ2n) is 3.87. The molecular weight excluding hydrogens is 206 g/mol. The summed E-state index contributed by atoms with van der Waals surface area (Å²) in [7, 11) is 0. The lowest BCUT2D eigenvalue weighted by molar-refractivity contribution is -0.445. The summed E-state index contributed by atoms with van der Waals surface area (Å²) in [5, 5.41) is 0. The highest BCUT2D eigenvalue weighted by Crippen LogP contribution is 2.25. The van der Waals surface area contributed by atoms with Gasteiger partial charge in [-0.3, -0.25) is 0 Å². The molecule has 0 aromatic carbocycles. The molecule has 0 aliphatic carbocycles. The van der Waals surface area contributed by atoms with Gasteiger partial charge in [-0.15, -0.1) is 0 Å². The van der Waals surface area contributed by atoms with E-state index in [1.165, 1.54) is 19.3 Å². The molecule has 1 aliphatic rings. The van der Waals surface area contributed by atoms with Gasteiger partial charge in [0.25, 0.3) is 0 Å². The molecule has 0 spiro atoms. The molecule has 1 fully saturated rings. The van der Waals surface area contributed by atoms with E-state index in [0.717, 1.165) is 13.1 Å². The van der Waals surface area contributed by atoms with Crippen LogP contribution in [0.15, 0.2) is 0 Å². The van der Waals surface area contributed by atoms with Crippen LogP contribution in [-0.4, -0.2) is 43.9 Å². The Morgan fingerprint density at radius 1 is 0.812 bits per heavy atom. The number of rotatable bonds is 7. The quantitative estimate of drug-likeness (QED) is 0.628. The van der Waals surface area contributed by atoms with Crippen molar-refractivity contribution in [1.29, 1.82) is 0 Å². The lowest BCUT2D eigenvalue weighted by atomic mass is 10.1. The minimum atomic E-state index is -0.946. The van der Waals surface area contributed by atoms with Crippen molar-refractivity contribution in [1.82, 2.24) is 4.90 Å². The normalized spacial score (nSPS) is 18.9. The van der Waals surface area contributed by atoms with Gasteiger partial charge in [0, 0.05) is 13.1 Å². The third-order valence-electron chi connectivity index (χ3n) is 2.72. The number of likely N-dealkylation sites (tertiary alicyclic amines) is 1. The molecule has 0 atom stereocenters. The van der Waals surface area contributed by atoms with Gasteiger partial charge in [-0.25, -0.2) is 4.90 Å². The van der Waals surface area contributed by atoms with Crippen molar-refractivity contribution >= 4 is 0 Å². The van der Waals surface area contributed by atoms with Gasteiger partial charge in [-0.2, -0.15) is 0 Å². The van der Waals surface area contributed by atoms with Gasteiger partial charge in [0.15, 0.2) is 0 Å². The highest BCUT2D eigenvalue weighted by molar-refractivity contribution is 4.69. The largest absolute Gasteiger partial charge is 0.353 e. The van der Waals surface area contributed by atoms with E-state index in [0.29, 0.717) is 19.8 Å². The van der Waals surface area contributed by atoms with Crippen LogP contribution in [0.2, 0.25) is 0 Å². The van der Waals surface area contributed by atoms with Crippen molar-refractivity contribution in [3.8, 4) is 0 Å². The van der Waals surface area contributed by atoms with Crippen molar-refractivity contribution in [3.05, 3.63) is 0 Å². The Morgan fingerprint density at radius 2 is 1.25 bits per heavy atom. The molecule has 0 bridgehead atoms. The average Bonchev–Trinajstić information content (AvgIpc) is 2.31. The summed E-state index contributed by atoms with van der Waals surface area (Å²) < 4.78 is 17.2. The Bertz CT molecular complexity index is 164. The SMILES string of the molecule is CCOC(OCC)(OCC)N1CCCCC1. The van der Waals surface area contributed by atoms with Gasteiger partial charge in [0.05, 0.1) is 19.8 Å². The van der Waals surface area contributed by atoms with E-state index in [1.54, 1.807) is 0 Å². The minimum absolute atomic E-state index is 0.594. The summed E-state index contributed by atoms with van der Waals surface area (Å²) in [6.07, 6.45) is 2.72. The molecule has 0 amide bonds. The standard InChI is InChI=1S/C12H25NO3/c1-4-14-12(15-5-2,16-6-3)13-10-8-7-9-11-13/h4-11H2,1-3H3. The Kier molecular flexibility index (Phi) is 6.28. The third kappa shape index (κ3) is 3.42. The average molecular weight is 231 g/mol. The number of hydrogen-bond acceptors (Lipinski definition) is 4. The maximum absolute atomic E-state index is 5.73. The van der Waals surface area contributed by atoms with Gasteiger partial charge in [-0.1, -0.05) is 6.42 Å². The first-order chi connectivity index (χ1) is 7.79. The van der Waals surface area contributed by atoms with Crippen LogP contribution in [0.3, 0.4) is 0 Å². The molecule has 1 rings (SSSR count). The van der Waals surface area contributed by atoms with E-state index in [2.05, 4.69) is 4.90 Å². The first-order valence-electron chi connectivity index (χ1n) is 6.46. The van der Waals surface area contributed by atoms with Gasteiger partial charge in [0.2, 0.25) is 0 Å². The predicted octanol–water partition coefficient (Wildman–Crippen LogP) is 2.19. The van der Waals surface area contributed by atoms with Gasteiger partial charge in [-0.05, 0) is 33.6 Å². The van der Waals surface area contributed by atoms with Gasteiger partial charge in [0.1, 0.15) is 0 Å². The zero-order valence-electron chi connectivity index (χ0n) is 10.8. The molecule has 1 aliphatic heterocycles. The van der Waals surface area contributed by atoms with Crippen LogP contribution in [0.4, 0.5) is 0 Å². The van der Waals surface area contributed by atoms with Crippen molar-refractivity contribution in [2.24, 2.45) is 0 Å². The fourth-order valence-corrected chi connectivity index (χ4v) is 2.11. The summed E-state index contributed by atoms with van der Waals surface area (Å²) in [4.78, 5) is 2.17. The molecule has 96 valence electrons. The van der Waals surface area contributed by atoms with Crippen molar-refractivity contribution in [3.63, 3.8) is 0 Å². The Hall–Kier alpha value is -0.160. The molecule has 16 heavy (non-hydrogen) atoms. The summed E-state index contributed by atoms with van der Waals surface area (Å²) in [6.45, 7) is 9.66. The van der Waals surface area contributed by atoms with E-state index in [-0.39, 0.29) is 0 Å². The lowest BCUT2D eigenvalue weighted by Crippen LogP contribution is -2.56. The Balaban J connectivity index is 2.70. The summed E-state index contributed by atoms with van der Waals surface area (Å²) in [6, 6.07) is 0. The second-order valence-corrected chi connectivity index (χ2v) is 3.87. The summed E-state index contributed by atoms with van der Waals surface area (Å²) in [5.41, 5.74) is 0. The van der Waals surface area contributed by atoms with E-state index < -0.39 is 6.10 Å². The van der Waals surface area contributed by atoms with Crippen LogP contribution in [0.1, 0.15) is 40.0 Å². The molecule has 0 aromatic rings. The van der Waals surface area contributed by atoms with Crippen molar-refractivity contribution < 1.29 is 14.2 Å². The molecule has 0 saturated carbocycles. The molecule has 4 heteroatoms. The Morgan fingerprint density at radius 3 is 1.62 bits per heavy atom. The molecule has 0 aromatic heterocycles. The summed E-state index contributed by atoms with van der Waals surface area (Å²) >= 11 is 0. The topological polar surface area (TPSA) is 30.9 Å².